The quantitative estimate of drug-likeness (QED) is 0.419. The molecule has 3 aromatic rings. The number of rotatable bonds is 6. The Kier molecular flexibility index (Phi) is 7.01. The molecule has 8 heteroatoms. The number of nitrogens with zero attached hydrogens (tertiary/aromatic N) is 4. The van der Waals surface area contributed by atoms with Gasteiger partial charge in [0.25, 0.3) is 5.56 Å². The van der Waals surface area contributed by atoms with E-state index in [1.54, 1.807) is 25.3 Å². The second-order valence-electron chi connectivity index (χ2n) is 8.46. The van der Waals surface area contributed by atoms with E-state index < -0.39 is 5.97 Å². The van der Waals surface area contributed by atoms with Crippen LogP contribution in [0.15, 0.2) is 40.2 Å². The zero-order valence-electron chi connectivity index (χ0n) is 19.2. The van der Waals surface area contributed by atoms with E-state index in [-0.39, 0.29) is 35.2 Å². The molecular formula is C25H30N4O4. The SMILES string of the molecule is CCCCC(=O)N=c1c(C(=O)OCC)cc2c(=O)n3ccccc3nc2n1C1CCCCC1. The lowest BCUT2D eigenvalue weighted by Crippen LogP contribution is -2.35. The number of carbonyl (C=O) groups is 2. The lowest BCUT2D eigenvalue weighted by Gasteiger charge is -2.27. The van der Waals surface area contributed by atoms with Gasteiger partial charge < -0.3 is 9.30 Å². The zero-order chi connectivity index (χ0) is 23.4. The number of esters is 1. The Morgan fingerprint density at radius 2 is 1.97 bits per heavy atom. The number of hydrogen-bond donors (Lipinski definition) is 0. The van der Waals surface area contributed by atoms with E-state index in [0.717, 1.165) is 44.9 Å². The fourth-order valence-electron chi connectivity index (χ4n) is 4.50. The highest BCUT2D eigenvalue weighted by atomic mass is 16.5. The molecule has 1 aliphatic rings. The summed E-state index contributed by atoms with van der Waals surface area (Å²) in [6.07, 6.45) is 8.47. The molecule has 1 fully saturated rings. The Balaban J connectivity index is 2.11. The molecular weight excluding hydrogens is 420 g/mol. The lowest BCUT2D eigenvalue weighted by atomic mass is 9.94. The number of unbranched alkanes of at least 4 members (excludes halogenated alkanes) is 1. The Morgan fingerprint density at radius 1 is 1.18 bits per heavy atom. The van der Waals surface area contributed by atoms with Crippen molar-refractivity contribution >= 4 is 28.6 Å². The van der Waals surface area contributed by atoms with E-state index in [4.69, 9.17) is 9.72 Å². The van der Waals surface area contributed by atoms with Gasteiger partial charge >= 0.3 is 5.97 Å². The van der Waals surface area contributed by atoms with Crippen LogP contribution in [-0.4, -0.2) is 32.4 Å². The van der Waals surface area contributed by atoms with Crippen LogP contribution in [0.5, 0.6) is 0 Å². The first-order chi connectivity index (χ1) is 16.0. The third-order valence-corrected chi connectivity index (χ3v) is 6.14. The van der Waals surface area contributed by atoms with Gasteiger partial charge in [0.2, 0.25) is 5.91 Å². The summed E-state index contributed by atoms with van der Waals surface area (Å²) in [5.41, 5.74) is 1.07. The summed E-state index contributed by atoms with van der Waals surface area (Å²) in [7, 11) is 0. The molecule has 0 saturated heterocycles. The number of aromatic nitrogens is 3. The van der Waals surface area contributed by atoms with Gasteiger partial charge in [-0.3, -0.25) is 14.0 Å². The minimum absolute atomic E-state index is 0.00795. The van der Waals surface area contributed by atoms with Gasteiger partial charge in [0, 0.05) is 18.7 Å². The lowest BCUT2D eigenvalue weighted by molar-refractivity contribution is -0.118. The molecule has 0 bridgehead atoms. The van der Waals surface area contributed by atoms with Crippen molar-refractivity contribution in [2.75, 3.05) is 6.61 Å². The molecule has 174 valence electrons. The second kappa shape index (κ2) is 10.1. The highest BCUT2D eigenvalue weighted by Gasteiger charge is 2.25. The van der Waals surface area contributed by atoms with Crippen molar-refractivity contribution in [1.82, 2.24) is 14.0 Å². The van der Waals surface area contributed by atoms with E-state index in [1.807, 2.05) is 17.6 Å². The molecule has 4 rings (SSSR count). The molecule has 33 heavy (non-hydrogen) atoms. The molecule has 3 aromatic heterocycles. The Morgan fingerprint density at radius 3 is 2.70 bits per heavy atom. The van der Waals surface area contributed by atoms with Crippen molar-refractivity contribution in [2.45, 2.75) is 71.3 Å². The first-order valence-electron chi connectivity index (χ1n) is 11.9. The maximum Gasteiger partial charge on any atom is 0.341 e. The van der Waals surface area contributed by atoms with Gasteiger partial charge in [-0.25, -0.2) is 9.78 Å². The first kappa shape index (κ1) is 22.9. The largest absolute Gasteiger partial charge is 0.462 e. The Hall–Kier alpha value is -3.29. The topological polar surface area (TPSA) is 95.0 Å². The summed E-state index contributed by atoms with van der Waals surface area (Å²) in [4.78, 5) is 48.3. The van der Waals surface area contributed by atoms with Crippen LogP contribution in [0.2, 0.25) is 0 Å². The van der Waals surface area contributed by atoms with Crippen LogP contribution in [0, 0.1) is 0 Å². The fourth-order valence-corrected chi connectivity index (χ4v) is 4.50. The van der Waals surface area contributed by atoms with Gasteiger partial charge in [-0.2, -0.15) is 4.99 Å². The summed E-state index contributed by atoms with van der Waals surface area (Å²) in [5, 5.41) is 0.312. The fraction of sp³-hybridized carbons (Fsp3) is 0.480. The van der Waals surface area contributed by atoms with Gasteiger partial charge in [-0.05, 0) is 44.4 Å². The summed E-state index contributed by atoms with van der Waals surface area (Å²) in [6.45, 7) is 3.91. The number of carbonyl (C=O) groups excluding carboxylic acids is 2. The van der Waals surface area contributed by atoms with Crippen molar-refractivity contribution < 1.29 is 14.3 Å². The predicted octanol–water partition coefficient (Wildman–Crippen LogP) is 3.95. The number of amides is 1. The standard InChI is InChI=1S/C25H30N4O4/c1-3-5-14-21(30)27-23-19(25(32)33-4-2)16-18-22(29(23)17-11-7-6-8-12-17)26-20-13-9-10-15-28(20)24(18)31/h9-10,13,15-17H,3-8,11-12,14H2,1-2H3. The van der Waals surface area contributed by atoms with Crippen LogP contribution in [-0.2, 0) is 9.53 Å². The van der Waals surface area contributed by atoms with Crippen molar-refractivity contribution in [3.8, 4) is 0 Å². The minimum Gasteiger partial charge on any atom is -0.462 e. The molecule has 1 aliphatic carbocycles. The molecule has 0 aromatic carbocycles. The average molecular weight is 451 g/mol. The smallest absolute Gasteiger partial charge is 0.341 e. The van der Waals surface area contributed by atoms with Crippen LogP contribution in [0.25, 0.3) is 16.7 Å². The van der Waals surface area contributed by atoms with E-state index in [0.29, 0.717) is 23.1 Å². The van der Waals surface area contributed by atoms with Crippen molar-refractivity contribution in [3.63, 3.8) is 0 Å². The van der Waals surface area contributed by atoms with Gasteiger partial charge in [0.15, 0.2) is 5.49 Å². The Bertz CT molecular complexity index is 1320. The molecule has 1 saturated carbocycles. The molecule has 1 amide bonds. The first-order valence-corrected chi connectivity index (χ1v) is 11.9. The van der Waals surface area contributed by atoms with Crippen molar-refractivity contribution in [1.29, 1.82) is 0 Å². The van der Waals surface area contributed by atoms with Crippen LogP contribution in [0.1, 0.15) is 81.6 Å². The average Bonchev–Trinajstić information content (AvgIpc) is 2.83. The summed E-state index contributed by atoms with van der Waals surface area (Å²) in [5.74, 6) is -0.882. The van der Waals surface area contributed by atoms with Crippen molar-refractivity contribution in [2.24, 2.45) is 4.99 Å². The highest BCUT2D eigenvalue weighted by Crippen LogP contribution is 2.29. The third kappa shape index (κ3) is 4.60. The van der Waals surface area contributed by atoms with Gasteiger partial charge in [0.1, 0.15) is 16.9 Å². The summed E-state index contributed by atoms with van der Waals surface area (Å²) < 4.78 is 8.62. The monoisotopic (exact) mass is 450 g/mol. The highest BCUT2D eigenvalue weighted by molar-refractivity contribution is 5.93. The van der Waals surface area contributed by atoms with Gasteiger partial charge in [-0.1, -0.05) is 38.7 Å². The molecule has 0 aliphatic heterocycles. The molecule has 0 spiro atoms. The number of pyridine rings is 2. The molecule has 0 N–H and O–H groups in total. The van der Waals surface area contributed by atoms with Crippen LogP contribution in [0.3, 0.4) is 0 Å². The molecule has 0 radical (unpaired) electrons. The maximum absolute atomic E-state index is 13.4. The van der Waals surface area contributed by atoms with Crippen molar-refractivity contribution in [3.05, 3.63) is 51.9 Å². The van der Waals surface area contributed by atoms with Crippen LogP contribution >= 0.6 is 0 Å². The van der Waals surface area contributed by atoms with Gasteiger partial charge in [-0.15, -0.1) is 0 Å². The second-order valence-corrected chi connectivity index (χ2v) is 8.46. The Labute approximate surface area is 191 Å². The number of ether oxygens (including phenoxy) is 1. The zero-order valence-corrected chi connectivity index (χ0v) is 19.2. The van der Waals surface area contributed by atoms with E-state index in [1.165, 1.54) is 10.5 Å². The molecule has 8 nitrogen and oxygen atoms in total. The molecule has 0 atom stereocenters. The maximum atomic E-state index is 13.4. The summed E-state index contributed by atoms with van der Waals surface area (Å²) >= 11 is 0. The number of hydrogen-bond acceptors (Lipinski definition) is 5. The van der Waals surface area contributed by atoms with Crippen LogP contribution < -0.4 is 11.0 Å². The molecule has 3 heterocycles. The van der Waals surface area contributed by atoms with Crippen LogP contribution in [0.4, 0.5) is 0 Å². The minimum atomic E-state index is -0.594. The van der Waals surface area contributed by atoms with E-state index in [2.05, 4.69) is 4.99 Å². The summed E-state index contributed by atoms with van der Waals surface area (Å²) in [6, 6.07) is 6.85. The predicted molar refractivity (Wildman–Crippen MR) is 125 cm³/mol. The number of fused-ring (bicyclic) bond motifs is 2. The van der Waals surface area contributed by atoms with Gasteiger partial charge in [0.05, 0.1) is 12.0 Å². The normalized spacial score (nSPS) is 15.3. The molecule has 0 unspecified atom stereocenters. The van der Waals surface area contributed by atoms with E-state index in [9.17, 15) is 14.4 Å². The third-order valence-electron chi connectivity index (χ3n) is 6.14. The van der Waals surface area contributed by atoms with E-state index >= 15 is 0 Å².